The largest absolute Gasteiger partial charge is 0.330 e. The second-order valence-electron chi connectivity index (χ2n) is 3.71. The van der Waals surface area contributed by atoms with Gasteiger partial charge in [0.05, 0.1) is 5.69 Å². The van der Waals surface area contributed by atoms with Gasteiger partial charge in [-0.1, -0.05) is 11.6 Å². The van der Waals surface area contributed by atoms with Crippen LogP contribution in [0.5, 0.6) is 0 Å². The molecular weight excluding hydrogens is 265 g/mol. The summed E-state index contributed by atoms with van der Waals surface area (Å²) in [6.07, 6.45) is 3.27. The zero-order chi connectivity index (χ0) is 10.1. The van der Waals surface area contributed by atoms with Gasteiger partial charge >= 0.3 is 0 Å². The topological polar surface area (TPSA) is 43.8 Å². The van der Waals surface area contributed by atoms with Gasteiger partial charge in [-0.3, -0.25) is 0 Å². The van der Waals surface area contributed by atoms with Crippen molar-refractivity contribution in [2.75, 3.05) is 6.54 Å². The molecule has 14 heavy (non-hydrogen) atoms. The van der Waals surface area contributed by atoms with Crippen molar-refractivity contribution < 1.29 is 0 Å². The van der Waals surface area contributed by atoms with Gasteiger partial charge in [-0.15, -0.1) is 0 Å². The van der Waals surface area contributed by atoms with E-state index in [-0.39, 0.29) is 0 Å². The molecule has 0 saturated carbocycles. The maximum atomic E-state index is 6.04. The van der Waals surface area contributed by atoms with Crippen LogP contribution in [-0.2, 0) is 13.0 Å². The Balaban J connectivity index is 2.21. The number of nitrogens with two attached hydrogens (primary N) is 1. The molecule has 0 saturated heterocycles. The molecular formula is C9H13BrClN3. The van der Waals surface area contributed by atoms with Crippen molar-refractivity contribution in [2.24, 2.45) is 11.7 Å². The fourth-order valence-corrected chi connectivity index (χ4v) is 2.95. The highest BCUT2D eigenvalue weighted by molar-refractivity contribution is 9.10. The Morgan fingerprint density at radius 1 is 1.64 bits per heavy atom. The molecule has 78 valence electrons. The van der Waals surface area contributed by atoms with Crippen molar-refractivity contribution >= 4 is 27.5 Å². The maximum absolute atomic E-state index is 6.04. The lowest BCUT2D eigenvalue weighted by atomic mass is 9.93. The molecule has 1 unspecified atom stereocenters. The van der Waals surface area contributed by atoms with Gasteiger partial charge in [0.1, 0.15) is 0 Å². The van der Waals surface area contributed by atoms with E-state index in [0.29, 0.717) is 11.1 Å². The van der Waals surface area contributed by atoms with Crippen molar-refractivity contribution in [1.82, 2.24) is 9.55 Å². The molecule has 3 nitrogen and oxygen atoms in total. The van der Waals surface area contributed by atoms with Crippen LogP contribution in [-0.4, -0.2) is 16.1 Å². The first-order chi connectivity index (χ1) is 6.72. The first-order valence-electron chi connectivity index (χ1n) is 4.83. The van der Waals surface area contributed by atoms with Gasteiger partial charge in [-0.05, 0) is 47.7 Å². The molecule has 0 fully saturated rings. The monoisotopic (exact) mass is 277 g/mol. The molecule has 0 aromatic carbocycles. The van der Waals surface area contributed by atoms with Gasteiger partial charge in [0.15, 0.2) is 9.89 Å². The van der Waals surface area contributed by atoms with Gasteiger partial charge in [-0.2, -0.15) is 0 Å². The fraction of sp³-hybridized carbons (Fsp3) is 0.667. The second-order valence-corrected chi connectivity index (χ2v) is 4.77. The molecule has 2 heterocycles. The van der Waals surface area contributed by atoms with E-state index >= 15 is 0 Å². The highest BCUT2D eigenvalue weighted by Crippen LogP contribution is 2.30. The smallest absolute Gasteiger partial charge is 0.178 e. The second kappa shape index (κ2) is 4.21. The van der Waals surface area contributed by atoms with Crippen molar-refractivity contribution in [3.8, 4) is 0 Å². The van der Waals surface area contributed by atoms with Gasteiger partial charge in [0, 0.05) is 6.54 Å². The quantitative estimate of drug-likeness (QED) is 0.901. The van der Waals surface area contributed by atoms with Crippen LogP contribution in [0.15, 0.2) is 4.73 Å². The van der Waals surface area contributed by atoms with Crippen molar-refractivity contribution in [3.05, 3.63) is 15.6 Å². The van der Waals surface area contributed by atoms with Crippen LogP contribution in [0.2, 0.25) is 5.15 Å². The van der Waals surface area contributed by atoms with Crippen molar-refractivity contribution in [1.29, 1.82) is 0 Å². The summed E-state index contributed by atoms with van der Waals surface area (Å²) < 4.78 is 3.00. The van der Waals surface area contributed by atoms with Crippen LogP contribution in [0.4, 0.5) is 0 Å². The summed E-state index contributed by atoms with van der Waals surface area (Å²) in [5.41, 5.74) is 6.71. The van der Waals surface area contributed by atoms with Crippen LogP contribution in [0, 0.1) is 5.92 Å². The molecule has 0 aliphatic carbocycles. The average Bonchev–Trinajstić information content (AvgIpc) is 2.43. The summed E-state index contributed by atoms with van der Waals surface area (Å²) >= 11 is 9.44. The Kier molecular flexibility index (Phi) is 3.14. The molecule has 0 radical (unpaired) electrons. The van der Waals surface area contributed by atoms with E-state index in [4.69, 9.17) is 17.3 Å². The third-order valence-corrected chi connectivity index (χ3v) is 3.70. The van der Waals surface area contributed by atoms with E-state index in [1.807, 2.05) is 0 Å². The molecule has 0 bridgehead atoms. The van der Waals surface area contributed by atoms with Gasteiger partial charge in [0.2, 0.25) is 0 Å². The standard InChI is InChI=1S/C9H13BrClN3/c10-9-13-8(11)7-5-6(1-3-12)2-4-14(7)9/h6H,1-5,12H2. The zero-order valence-corrected chi connectivity index (χ0v) is 10.2. The fourth-order valence-electron chi connectivity index (χ4n) is 2.02. The number of hydrogen-bond donors (Lipinski definition) is 1. The normalized spacial score (nSPS) is 20.9. The van der Waals surface area contributed by atoms with Crippen LogP contribution in [0.1, 0.15) is 18.5 Å². The van der Waals surface area contributed by atoms with Crippen molar-refractivity contribution in [3.63, 3.8) is 0 Å². The molecule has 1 aliphatic rings. The van der Waals surface area contributed by atoms with Crippen molar-refractivity contribution in [2.45, 2.75) is 25.8 Å². The SMILES string of the molecule is NCCC1CCn2c(Br)nc(Cl)c2C1. The number of imidazole rings is 1. The molecule has 1 aromatic rings. The van der Waals surface area contributed by atoms with Gasteiger partial charge < -0.3 is 10.3 Å². The number of fused-ring (bicyclic) bond motifs is 1. The average molecular weight is 279 g/mol. The number of halogens is 2. The van der Waals surface area contributed by atoms with Gasteiger partial charge in [0.25, 0.3) is 0 Å². The highest BCUT2D eigenvalue weighted by atomic mass is 79.9. The third-order valence-electron chi connectivity index (χ3n) is 2.79. The summed E-state index contributed by atoms with van der Waals surface area (Å²) in [7, 11) is 0. The van der Waals surface area contributed by atoms with Gasteiger partial charge in [-0.25, -0.2) is 4.98 Å². The predicted molar refractivity (Wildman–Crippen MR) is 60.4 cm³/mol. The third kappa shape index (κ3) is 1.83. The lowest BCUT2D eigenvalue weighted by Crippen LogP contribution is -2.21. The summed E-state index contributed by atoms with van der Waals surface area (Å²) in [5.74, 6) is 0.675. The van der Waals surface area contributed by atoms with E-state index in [1.54, 1.807) is 0 Å². The number of aromatic nitrogens is 2. The summed E-state index contributed by atoms with van der Waals surface area (Å²) in [4.78, 5) is 4.20. The lowest BCUT2D eigenvalue weighted by molar-refractivity contribution is 0.368. The van der Waals surface area contributed by atoms with E-state index in [2.05, 4.69) is 25.5 Å². The highest BCUT2D eigenvalue weighted by Gasteiger charge is 2.23. The molecule has 2 N–H and O–H groups in total. The predicted octanol–water partition coefficient (Wildman–Crippen LogP) is 2.21. The molecule has 1 aromatic heterocycles. The number of nitrogens with zero attached hydrogens (tertiary/aromatic N) is 2. The Morgan fingerprint density at radius 2 is 2.43 bits per heavy atom. The summed E-state index contributed by atoms with van der Waals surface area (Å²) in [6, 6.07) is 0. The van der Waals surface area contributed by atoms with Crippen LogP contribution < -0.4 is 5.73 Å². The first kappa shape index (κ1) is 10.5. The maximum Gasteiger partial charge on any atom is 0.178 e. The van der Waals surface area contributed by atoms with E-state index in [1.165, 1.54) is 6.42 Å². The van der Waals surface area contributed by atoms with Crippen LogP contribution in [0.25, 0.3) is 0 Å². The van der Waals surface area contributed by atoms with E-state index in [0.717, 1.165) is 36.4 Å². The van der Waals surface area contributed by atoms with Crippen LogP contribution >= 0.6 is 27.5 Å². The molecule has 0 spiro atoms. The zero-order valence-electron chi connectivity index (χ0n) is 7.84. The Morgan fingerprint density at radius 3 is 3.14 bits per heavy atom. The van der Waals surface area contributed by atoms with Crippen LogP contribution in [0.3, 0.4) is 0 Å². The van der Waals surface area contributed by atoms with E-state index in [9.17, 15) is 0 Å². The summed E-state index contributed by atoms with van der Waals surface area (Å²) in [5, 5.41) is 0.638. The Bertz CT molecular complexity index is 337. The molecule has 1 aliphatic heterocycles. The minimum atomic E-state index is 0.638. The summed E-state index contributed by atoms with van der Waals surface area (Å²) in [6.45, 7) is 1.76. The van der Waals surface area contributed by atoms with E-state index < -0.39 is 0 Å². The minimum Gasteiger partial charge on any atom is -0.330 e. The molecule has 2 rings (SSSR count). The number of rotatable bonds is 2. The lowest BCUT2D eigenvalue weighted by Gasteiger charge is -2.23. The molecule has 1 atom stereocenters. The Hall–Kier alpha value is -0.0600. The Labute approximate surface area is 96.8 Å². The minimum absolute atomic E-state index is 0.638. The molecule has 5 heteroatoms. The number of hydrogen-bond acceptors (Lipinski definition) is 2. The molecule has 0 amide bonds. The first-order valence-corrected chi connectivity index (χ1v) is 6.00.